The molecule has 0 amide bonds. The quantitative estimate of drug-likeness (QED) is 0.384. The number of aromatic nitrogens is 4. The molecule has 12 heteroatoms. The highest BCUT2D eigenvalue weighted by Gasteiger charge is 2.43. The monoisotopic (exact) mass is 550 g/mol. The molecule has 1 aromatic carbocycles. The van der Waals surface area contributed by atoms with Gasteiger partial charge in [0, 0.05) is 43.5 Å². The lowest BCUT2D eigenvalue weighted by Gasteiger charge is -2.39. The van der Waals surface area contributed by atoms with Crippen LogP contribution in [0, 0.1) is 11.8 Å². The van der Waals surface area contributed by atoms with Gasteiger partial charge in [0.15, 0.2) is 0 Å². The number of rotatable bonds is 4. The highest BCUT2D eigenvalue weighted by Crippen LogP contribution is 2.41. The third-order valence-corrected chi connectivity index (χ3v) is 8.29. The van der Waals surface area contributed by atoms with Crippen molar-refractivity contribution >= 4 is 11.6 Å². The zero-order chi connectivity index (χ0) is 27.4. The molecule has 3 aliphatic rings. The van der Waals surface area contributed by atoms with Gasteiger partial charge in [-0.3, -0.25) is 4.98 Å². The van der Waals surface area contributed by atoms with Crippen LogP contribution in [0.4, 0.5) is 38.0 Å². The highest BCUT2D eigenvalue weighted by molar-refractivity contribution is 5.49. The number of nitrogens with zero attached hydrogens (tertiary/aromatic N) is 5. The molecule has 2 aliphatic heterocycles. The van der Waals surface area contributed by atoms with Gasteiger partial charge >= 0.3 is 12.4 Å². The molecule has 1 aliphatic carbocycles. The second kappa shape index (κ2) is 9.71. The molecule has 2 aromatic heterocycles. The lowest BCUT2D eigenvalue weighted by molar-refractivity contribution is -0.141. The number of anilines is 2. The molecule has 0 spiro atoms. The molecule has 1 N–H and O–H groups in total. The summed E-state index contributed by atoms with van der Waals surface area (Å²) in [6.07, 6.45) is -3.15. The maximum Gasteiger partial charge on any atom is 0.433 e. The van der Waals surface area contributed by atoms with E-state index in [2.05, 4.69) is 10.3 Å². The van der Waals surface area contributed by atoms with E-state index in [-0.39, 0.29) is 23.8 Å². The van der Waals surface area contributed by atoms with E-state index in [9.17, 15) is 26.3 Å². The Morgan fingerprint density at radius 1 is 0.846 bits per heavy atom. The Labute approximate surface area is 221 Å². The number of fused-ring (bicyclic) bond motifs is 3. The van der Waals surface area contributed by atoms with Gasteiger partial charge in [-0.05, 0) is 67.3 Å². The maximum absolute atomic E-state index is 13.2. The van der Waals surface area contributed by atoms with Crippen LogP contribution in [0.15, 0.2) is 42.6 Å². The fraction of sp³-hybridized carbons (Fsp3) is 0.519. The van der Waals surface area contributed by atoms with E-state index in [0.717, 1.165) is 61.7 Å². The summed E-state index contributed by atoms with van der Waals surface area (Å²) in [5.74, 6) is 1.55. The van der Waals surface area contributed by atoms with E-state index >= 15 is 0 Å². The molecule has 4 atom stereocenters. The molecule has 1 unspecified atom stereocenters. The molecule has 2 fully saturated rings. The second-order valence-corrected chi connectivity index (χ2v) is 10.8. The predicted octanol–water partition coefficient (Wildman–Crippen LogP) is 6.35. The van der Waals surface area contributed by atoms with Crippen LogP contribution in [-0.4, -0.2) is 38.9 Å². The van der Waals surface area contributed by atoms with Gasteiger partial charge in [0.05, 0.1) is 5.56 Å². The van der Waals surface area contributed by atoms with Crippen molar-refractivity contribution in [1.29, 1.82) is 0 Å². The molecule has 6 nitrogen and oxygen atoms in total. The Hall–Kier alpha value is -3.31. The van der Waals surface area contributed by atoms with Crippen molar-refractivity contribution in [3.05, 3.63) is 65.2 Å². The highest BCUT2D eigenvalue weighted by atomic mass is 19.4. The predicted molar refractivity (Wildman–Crippen MR) is 132 cm³/mol. The van der Waals surface area contributed by atoms with Crippen LogP contribution < -0.4 is 10.2 Å². The van der Waals surface area contributed by atoms with E-state index in [1.807, 2.05) is 9.58 Å². The zero-order valence-electron chi connectivity index (χ0n) is 21.0. The summed E-state index contributed by atoms with van der Waals surface area (Å²) in [7, 11) is 0. The molecule has 1 saturated carbocycles. The molecular formula is C27H28F6N6. The third kappa shape index (κ3) is 5.17. The summed E-state index contributed by atoms with van der Waals surface area (Å²) in [6, 6.07) is 8.13. The number of hydrogen-bond acceptors (Lipinski definition) is 5. The van der Waals surface area contributed by atoms with Gasteiger partial charge < -0.3 is 10.2 Å². The molecule has 2 bridgehead atoms. The van der Waals surface area contributed by atoms with Crippen molar-refractivity contribution in [2.24, 2.45) is 11.8 Å². The summed E-state index contributed by atoms with van der Waals surface area (Å²) in [5, 5.41) is 8.24. The van der Waals surface area contributed by atoms with Crippen molar-refractivity contribution in [1.82, 2.24) is 19.7 Å². The van der Waals surface area contributed by atoms with Gasteiger partial charge in [0.25, 0.3) is 0 Å². The van der Waals surface area contributed by atoms with E-state index in [1.54, 1.807) is 6.07 Å². The Bertz CT molecular complexity index is 1300. The van der Waals surface area contributed by atoms with Crippen molar-refractivity contribution in [2.45, 2.75) is 63.0 Å². The Morgan fingerprint density at radius 2 is 1.56 bits per heavy atom. The summed E-state index contributed by atoms with van der Waals surface area (Å²) in [4.78, 5) is 10.3. The van der Waals surface area contributed by atoms with Gasteiger partial charge in [-0.2, -0.15) is 31.3 Å². The van der Waals surface area contributed by atoms with E-state index in [0.29, 0.717) is 31.3 Å². The van der Waals surface area contributed by atoms with Crippen LogP contribution in [0.2, 0.25) is 0 Å². The fourth-order valence-electron chi connectivity index (χ4n) is 6.39. The summed E-state index contributed by atoms with van der Waals surface area (Å²) in [6.45, 7) is 1.93. The van der Waals surface area contributed by atoms with Gasteiger partial charge in [0.1, 0.15) is 11.5 Å². The molecule has 3 aromatic rings. The van der Waals surface area contributed by atoms with Gasteiger partial charge in [-0.25, -0.2) is 4.68 Å². The fourth-order valence-corrected chi connectivity index (χ4v) is 6.39. The molecule has 6 rings (SSSR count). The van der Waals surface area contributed by atoms with Crippen LogP contribution in [0.1, 0.15) is 60.7 Å². The zero-order valence-corrected chi connectivity index (χ0v) is 21.0. The van der Waals surface area contributed by atoms with Crippen molar-refractivity contribution in [2.75, 3.05) is 23.3 Å². The number of benzene rings is 1. The van der Waals surface area contributed by atoms with Crippen molar-refractivity contribution in [3.63, 3.8) is 0 Å². The Morgan fingerprint density at radius 3 is 2.23 bits per heavy atom. The minimum Gasteiger partial charge on any atom is -0.371 e. The van der Waals surface area contributed by atoms with Crippen molar-refractivity contribution < 1.29 is 26.3 Å². The third-order valence-electron chi connectivity index (χ3n) is 8.29. The number of pyridine rings is 1. The van der Waals surface area contributed by atoms with Crippen LogP contribution >= 0.6 is 0 Å². The first-order valence-electron chi connectivity index (χ1n) is 13.2. The maximum atomic E-state index is 13.2. The second-order valence-electron chi connectivity index (χ2n) is 10.8. The van der Waals surface area contributed by atoms with E-state index < -0.39 is 23.6 Å². The number of halogens is 6. The number of alkyl halides is 6. The van der Waals surface area contributed by atoms with Crippen LogP contribution in [0.5, 0.6) is 0 Å². The van der Waals surface area contributed by atoms with Crippen LogP contribution in [-0.2, 0) is 18.9 Å². The Balaban J connectivity index is 1.19. The summed E-state index contributed by atoms with van der Waals surface area (Å²) in [5.41, 5.74) is -0.251. The molecule has 1 saturated heterocycles. The topological polar surface area (TPSA) is 58.9 Å². The van der Waals surface area contributed by atoms with E-state index in [1.165, 1.54) is 18.3 Å². The minimum absolute atomic E-state index is 0.0985. The number of nitrogens with one attached hydrogen (secondary N) is 1. The summed E-state index contributed by atoms with van der Waals surface area (Å²) >= 11 is 0. The smallest absolute Gasteiger partial charge is 0.371 e. The molecule has 208 valence electrons. The van der Waals surface area contributed by atoms with Crippen LogP contribution in [0.25, 0.3) is 0 Å². The standard InChI is InChI=1S/C27H28F6N6/c28-26(29,30)19-8-6-16(7-9-19)21-3-1-2-12-39-24(21)36-25(37-39)35-23-17-4-5-18(23)15-38(14-17)20-10-11-34-22(13-20)27(31,32)33/h6-11,13,17-18,21,23H,1-5,12,14-15H2,(H,35,37)/t17-,18+,21?,23-. The SMILES string of the molecule is FC(F)(F)c1ccc(C2CCCCn3nc(N[C@@H]4[C@@H]5CC[C@H]4CN(c4ccnc(C(F)(F)F)c4)C5)nc32)cc1. The molecular weight excluding hydrogens is 522 g/mol. The van der Waals surface area contributed by atoms with Crippen LogP contribution in [0.3, 0.4) is 0 Å². The Kier molecular flexibility index (Phi) is 6.46. The number of piperidine rings is 1. The normalized spacial score (nSPS) is 25.3. The lowest BCUT2D eigenvalue weighted by Crippen LogP contribution is -2.48. The van der Waals surface area contributed by atoms with Gasteiger partial charge in [-0.15, -0.1) is 5.10 Å². The molecule has 4 heterocycles. The largest absolute Gasteiger partial charge is 0.433 e. The molecule has 0 radical (unpaired) electrons. The first-order valence-corrected chi connectivity index (χ1v) is 13.2. The van der Waals surface area contributed by atoms with E-state index in [4.69, 9.17) is 10.1 Å². The lowest BCUT2D eigenvalue weighted by atomic mass is 9.91. The van der Waals surface area contributed by atoms with Crippen molar-refractivity contribution in [3.8, 4) is 0 Å². The first kappa shape index (κ1) is 25.9. The summed E-state index contributed by atoms with van der Waals surface area (Å²) < 4.78 is 80.6. The minimum atomic E-state index is -4.49. The first-order chi connectivity index (χ1) is 18.6. The molecule has 39 heavy (non-hydrogen) atoms. The number of aryl methyl sites for hydroxylation is 1. The average Bonchev–Trinajstić information content (AvgIpc) is 3.30. The number of hydrogen-bond donors (Lipinski definition) is 1. The van der Waals surface area contributed by atoms with Gasteiger partial charge in [-0.1, -0.05) is 18.6 Å². The average molecular weight is 551 g/mol. The van der Waals surface area contributed by atoms with Gasteiger partial charge in [0.2, 0.25) is 5.95 Å².